The number of benzene rings is 1. The van der Waals surface area contributed by atoms with E-state index in [1.54, 1.807) is 25.1 Å². The predicted octanol–water partition coefficient (Wildman–Crippen LogP) is 1.82. The number of esters is 1. The number of nitrogens with one attached hydrogen (secondary N) is 1. The normalized spacial score (nSPS) is 21.2. The predicted molar refractivity (Wildman–Crippen MR) is 69.0 cm³/mol. The van der Waals surface area contributed by atoms with E-state index >= 15 is 0 Å². The van der Waals surface area contributed by atoms with E-state index in [2.05, 4.69) is 10.1 Å². The first-order valence-electron chi connectivity index (χ1n) is 6.52. The van der Waals surface area contributed by atoms with Crippen LogP contribution in [-0.2, 0) is 14.3 Å². The number of amides is 1. The summed E-state index contributed by atoms with van der Waals surface area (Å²) in [7, 11) is 0. The van der Waals surface area contributed by atoms with Gasteiger partial charge >= 0.3 is 12.6 Å². The molecule has 1 heterocycles. The molecule has 5 nitrogen and oxygen atoms in total. The van der Waals surface area contributed by atoms with Crippen molar-refractivity contribution in [3.8, 4) is 5.75 Å². The monoisotopic (exact) mass is 299 g/mol. The van der Waals surface area contributed by atoms with Crippen LogP contribution in [0.3, 0.4) is 0 Å². The van der Waals surface area contributed by atoms with Crippen molar-refractivity contribution in [3.05, 3.63) is 29.8 Å². The van der Waals surface area contributed by atoms with Crippen LogP contribution in [0.5, 0.6) is 5.75 Å². The van der Waals surface area contributed by atoms with Gasteiger partial charge in [0.25, 0.3) is 0 Å². The number of halogens is 2. The fourth-order valence-electron chi connectivity index (χ4n) is 2.39. The van der Waals surface area contributed by atoms with Gasteiger partial charge in [-0.2, -0.15) is 8.78 Å². The van der Waals surface area contributed by atoms with Crippen LogP contribution in [0.2, 0.25) is 0 Å². The second-order valence-corrected chi connectivity index (χ2v) is 4.52. The molecule has 0 bridgehead atoms. The summed E-state index contributed by atoms with van der Waals surface area (Å²) in [4.78, 5) is 23.5. The largest absolute Gasteiger partial charge is 0.464 e. The lowest BCUT2D eigenvalue weighted by molar-refractivity contribution is -0.146. The molecule has 1 aromatic carbocycles. The molecule has 1 fully saturated rings. The van der Waals surface area contributed by atoms with E-state index in [4.69, 9.17) is 4.74 Å². The quantitative estimate of drug-likeness (QED) is 0.842. The Morgan fingerprint density at radius 3 is 2.81 bits per heavy atom. The smallest absolute Gasteiger partial charge is 0.387 e. The maximum Gasteiger partial charge on any atom is 0.387 e. The molecule has 1 saturated heterocycles. The van der Waals surface area contributed by atoms with E-state index in [0.29, 0.717) is 5.56 Å². The summed E-state index contributed by atoms with van der Waals surface area (Å²) in [5, 5.41) is 2.51. The zero-order valence-corrected chi connectivity index (χ0v) is 11.3. The number of hydrogen-bond acceptors (Lipinski definition) is 4. The minimum Gasteiger partial charge on any atom is -0.464 e. The average molecular weight is 299 g/mol. The van der Waals surface area contributed by atoms with Crippen LogP contribution < -0.4 is 10.1 Å². The molecule has 0 saturated carbocycles. The molecule has 0 spiro atoms. The number of alkyl halides is 2. The van der Waals surface area contributed by atoms with Crippen molar-refractivity contribution in [3.63, 3.8) is 0 Å². The van der Waals surface area contributed by atoms with Gasteiger partial charge in [0.15, 0.2) is 0 Å². The standard InChI is InChI=1S/C14H15F2NO4/c1-2-20-13(19)12-9(7-11(18)17-12)8-5-3-4-6-10(8)21-14(15)16/h3-6,9,12,14H,2,7H2,1H3,(H,17,18). The van der Waals surface area contributed by atoms with Gasteiger partial charge in [0.05, 0.1) is 6.61 Å². The van der Waals surface area contributed by atoms with Crippen molar-refractivity contribution < 1.29 is 27.8 Å². The SMILES string of the molecule is CCOC(=O)C1NC(=O)CC1c1ccccc1OC(F)F. The van der Waals surface area contributed by atoms with Crippen molar-refractivity contribution in [2.45, 2.75) is 31.9 Å². The third-order valence-corrected chi connectivity index (χ3v) is 3.20. The van der Waals surface area contributed by atoms with Crippen LogP contribution in [0.15, 0.2) is 24.3 Å². The number of hydrogen-bond donors (Lipinski definition) is 1. The molecule has 1 aromatic rings. The van der Waals surface area contributed by atoms with E-state index in [0.717, 1.165) is 0 Å². The fourth-order valence-corrected chi connectivity index (χ4v) is 2.39. The highest BCUT2D eigenvalue weighted by atomic mass is 19.3. The van der Waals surface area contributed by atoms with E-state index in [9.17, 15) is 18.4 Å². The van der Waals surface area contributed by atoms with Crippen LogP contribution in [0.4, 0.5) is 8.78 Å². The third-order valence-electron chi connectivity index (χ3n) is 3.20. The topological polar surface area (TPSA) is 64.6 Å². The molecule has 21 heavy (non-hydrogen) atoms. The molecule has 0 aliphatic carbocycles. The van der Waals surface area contributed by atoms with Crippen LogP contribution in [0.25, 0.3) is 0 Å². The molecular formula is C14H15F2NO4. The Hall–Kier alpha value is -2.18. The van der Waals surface area contributed by atoms with Gasteiger partial charge in [-0.15, -0.1) is 0 Å². The number of rotatable bonds is 5. The highest BCUT2D eigenvalue weighted by Crippen LogP contribution is 2.35. The van der Waals surface area contributed by atoms with E-state index in [-0.39, 0.29) is 24.7 Å². The van der Waals surface area contributed by atoms with Gasteiger partial charge in [-0.05, 0) is 13.0 Å². The molecular weight excluding hydrogens is 284 g/mol. The molecule has 2 atom stereocenters. The molecule has 1 aliphatic rings. The second kappa shape index (κ2) is 6.51. The van der Waals surface area contributed by atoms with Gasteiger partial charge in [0.1, 0.15) is 11.8 Å². The first kappa shape index (κ1) is 15.2. The van der Waals surface area contributed by atoms with Crippen LogP contribution in [0.1, 0.15) is 24.8 Å². The first-order valence-corrected chi connectivity index (χ1v) is 6.52. The zero-order chi connectivity index (χ0) is 15.4. The Bertz CT molecular complexity index is 535. The Kier molecular flexibility index (Phi) is 4.72. The summed E-state index contributed by atoms with van der Waals surface area (Å²) in [6.07, 6.45) is 0.0209. The third kappa shape index (κ3) is 3.48. The molecule has 7 heteroatoms. The number of ether oxygens (including phenoxy) is 2. The van der Waals surface area contributed by atoms with Gasteiger partial charge < -0.3 is 14.8 Å². The molecule has 1 N–H and O–H groups in total. The van der Waals surface area contributed by atoms with Gasteiger partial charge in [-0.3, -0.25) is 4.79 Å². The summed E-state index contributed by atoms with van der Waals surface area (Å²) < 4.78 is 34.2. The molecule has 1 amide bonds. The van der Waals surface area contributed by atoms with Crippen LogP contribution in [0, 0.1) is 0 Å². The van der Waals surface area contributed by atoms with Crippen molar-refractivity contribution in [1.29, 1.82) is 0 Å². The Morgan fingerprint density at radius 2 is 2.14 bits per heavy atom. The van der Waals surface area contributed by atoms with E-state index in [1.165, 1.54) is 6.07 Å². The molecule has 1 aliphatic heterocycles. The fraction of sp³-hybridized carbons (Fsp3) is 0.429. The highest BCUT2D eigenvalue weighted by molar-refractivity contribution is 5.90. The van der Waals surface area contributed by atoms with Gasteiger partial charge in [0.2, 0.25) is 5.91 Å². The summed E-state index contributed by atoms with van der Waals surface area (Å²) in [6.45, 7) is -1.15. The molecule has 2 rings (SSSR count). The van der Waals surface area contributed by atoms with Gasteiger partial charge in [-0.1, -0.05) is 18.2 Å². The first-order chi connectivity index (χ1) is 10.0. The minimum atomic E-state index is -2.97. The van der Waals surface area contributed by atoms with Crippen molar-refractivity contribution in [2.75, 3.05) is 6.61 Å². The number of carbonyl (C=O) groups excluding carboxylic acids is 2. The maximum absolute atomic E-state index is 12.4. The lowest BCUT2D eigenvalue weighted by Gasteiger charge is -2.20. The van der Waals surface area contributed by atoms with E-state index < -0.39 is 24.5 Å². The Labute approximate surface area is 120 Å². The number of para-hydroxylation sites is 1. The molecule has 0 aromatic heterocycles. The van der Waals surface area contributed by atoms with Crippen molar-refractivity contribution >= 4 is 11.9 Å². The summed E-state index contributed by atoms with van der Waals surface area (Å²) in [6, 6.07) is 5.24. The summed E-state index contributed by atoms with van der Waals surface area (Å²) >= 11 is 0. The number of carbonyl (C=O) groups is 2. The summed E-state index contributed by atoms with van der Waals surface area (Å²) in [5.41, 5.74) is 0.384. The second-order valence-electron chi connectivity index (χ2n) is 4.52. The van der Waals surface area contributed by atoms with Crippen molar-refractivity contribution in [1.82, 2.24) is 5.32 Å². The summed E-state index contributed by atoms with van der Waals surface area (Å²) in [5.74, 6) is -1.54. The van der Waals surface area contributed by atoms with Crippen LogP contribution >= 0.6 is 0 Å². The molecule has 0 radical (unpaired) electrons. The van der Waals surface area contributed by atoms with Gasteiger partial charge in [0, 0.05) is 17.9 Å². The van der Waals surface area contributed by atoms with E-state index in [1.807, 2.05) is 0 Å². The highest BCUT2D eigenvalue weighted by Gasteiger charge is 2.40. The Balaban J connectivity index is 2.30. The van der Waals surface area contributed by atoms with Crippen molar-refractivity contribution in [2.24, 2.45) is 0 Å². The minimum absolute atomic E-state index is 0.0209. The lowest BCUT2D eigenvalue weighted by atomic mass is 9.91. The molecule has 114 valence electrons. The van der Waals surface area contributed by atoms with Gasteiger partial charge in [-0.25, -0.2) is 4.79 Å². The maximum atomic E-state index is 12.4. The average Bonchev–Trinajstić information content (AvgIpc) is 2.81. The lowest BCUT2D eigenvalue weighted by Crippen LogP contribution is -2.37. The Morgan fingerprint density at radius 1 is 1.43 bits per heavy atom. The van der Waals surface area contributed by atoms with Crippen LogP contribution in [-0.4, -0.2) is 31.1 Å². The zero-order valence-electron chi connectivity index (χ0n) is 11.3. The molecule has 2 unspecified atom stereocenters.